The van der Waals surface area contributed by atoms with Crippen LogP contribution in [0.3, 0.4) is 0 Å². The quantitative estimate of drug-likeness (QED) is 0.0166. The Balaban J connectivity index is 0.874. The zero-order valence-electron chi connectivity index (χ0n) is 52.1. The van der Waals surface area contributed by atoms with Crippen LogP contribution in [-0.2, 0) is 66.5 Å². The molecule has 35 heteroatoms. The molecule has 21 atom stereocenters. The third-order valence-electron chi connectivity index (χ3n) is 16.3. The third-order valence-corrected chi connectivity index (χ3v) is 16.3. The molecule has 5 heterocycles. The van der Waals surface area contributed by atoms with Crippen LogP contribution >= 0.6 is 0 Å². The third kappa shape index (κ3) is 17.4. The number of aliphatic hydroxyl groups excluding tert-OH is 13. The SMILES string of the molecule is O=C(/C=C/c1cc(O)cc(O)c1)OC[C@@H]1O[C@@H](Oc2ccc(/C=C/C(=O)OC[C@H]3O[C@@H](OC4=C(c5ccc(O)c(O)c5)OC5C=C(O)C=C(O[C@@H]6O[C@H](CO)[C@@H](O)[C@H](O)[C@H]6O)C5=C4)[C@H](O[C@@H]4O[C@@H](COC(=O)/C=C/c5ccc(O)c(O)c5)[C@@H](O)[C@H](O)[C@H]4O)[C@@H](O)[C@@H]3O)cc2O)[C@H](O)[C@@H](O)[C@@H]1O. The van der Waals surface area contributed by atoms with E-state index in [9.17, 15) is 117 Å². The van der Waals surface area contributed by atoms with E-state index in [1.165, 1.54) is 42.5 Å². The Hall–Kier alpha value is -9.61. The van der Waals surface area contributed by atoms with Crippen molar-refractivity contribution >= 4 is 41.9 Å². The van der Waals surface area contributed by atoms with Gasteiger partial charge in [0, 0.05) is 47.6 Å². The van der Waals surface area contributed by atoms with E-state index < -0.39 is 214 Å². The highest BCUT2D eigenvalue weighted by atomic mass is 16.8. The summed E-state index contributed by atoms with van der Waals surface area (Å²) in [6.07, 6.45) is -30.8. The minimum Gasteiger partial charge on any atom is -0.508 e. The number of aromatic hydroxyl groups is 7. The molecule has 4 aromatic rings. The molecule has 101 heavy (non-hydrogen) atoms. The van der Waals surface area contributed by atoms with Crippen molar-refractivity contribution in [2.24, 2.45) is 0 Å². The van der Waals surface area contributed by atoms with Crippen LogP contribution in [0.1, 0.15) is 22.3 Å². The molecule has 4 fully saturated rings. The lowest BCUT2D eigenvalue weighted by Crippen LogP contribution is -2.64. The van der Waals surface area contributed by atoms with Gasteiger partial charge >= 0.3 is 17.9 Å². The van der Waals surface area contributed by atoms with Crippen molar-refractivity contribution in [3.8, 4) is 46.0 Å². The number of fused-ring (bicyclic) bond motifs is 1. The fourth-order valence-corrected chi connectivity index (χ4v) is 10.9. The van der Waals surface area contributed by atoms with Gasteiger partial charge in [0.1, 0.15) is 141 Å². The van der Waals surface area contributed by atoms with E-state index in [1.807, 2.05) is 0 Å². The second kappa shape index (κ2) is 31.9. The first-order valence-electron chi connectivity index (χ1n) is 30.6. The van der Waals surface area contributed by atoms with Crippen LogP contribution in [0.15, 0.2) is 132 Å². The summed E-state index contributed by atoms with van der Waals surface area (Å²) in [5.41, 5.74) is 0.368. The van der Waals surface area contributed by atoms with Gasteiger partial charge in [-0.2, -0.15) is 0 Å². The molecular formula is C66H70O35. The highest BCUT2D eigenvalue weighted by Crippen LogP contribution is 2.43. The molecular weight excluding hydrogens is 1350 g/mol. The van der Waals surface area contributed by atoms with Crippen molar-refractivity contribution in [2.75, 3.05) is 26.4 Å². The number of ether oxygens (including phenoxy) is 12. The van der Waals surface area contributed by atoms with Crippen molar-refractivity contribution in [3.63, 3.8) is 0 Å². The molecule has 6 aliphatic rings. The molecule has 1 unspecified atom stereocenters. The van der Waals surface area contributed by atoms with Gasteiger partial charge in [0.25, 0.3) is 0 Å². The number of carbonyl (C=O) groups excluding carboxylic acids is 3. The largest absolute Gasteiger partial charge is 0.508 e. The average Bonchev–Trinajstić information content (AvgIpc) is 0.762. The van der Waals surface area contributed by atoms with E-state index in [4.69, 9.17) is 56.8 Å². The lowest BCUT2D eigenvalue weighted by molar-refractivity contribution is -0.363. The summed E-state index contributed by atoms with van der Waals surface area (Å²) in [6, 6.07) is 13.9. The first-order chi connectivity index (χ1) is 48.0. The molecule has 4 saturated heterocycles. The summed E-state index contributed by atoms with van der Waals surface area (Å²) in [5, 5.41) is 213. The van der Waals surface area contributed by atoms with E-state index in [-0.39, 0.29) is 56.6 Å². The molecule has 4 aromatic carbocycles. The van der Waals surface area contributed by atoms with Gasteiger partial charge in [0.2, 0.25) is 18.9 Å². The van der Waals surface area contributed by atoms with E-state index in [1.54, 1.807) is 0 Å². The molecule has 1 aliphatic carbocycles. The summed E-state index contributed by atoms with van der Waals surface area (Å²) in [5.74, 6) is -8.79. The van der Waals surface area contributed by atoms with Crippen molar-refractivity contribution < 1.29 is 173 Å². The predicted octanol–water partition coefficient (Wildman–Crippen LogP) is -2.61. The second-order valence-electron chi connectivity index (χ2n) is 23.5. The van der Waals surface area contributed by atoms with Gasteiger partial charge in [-0.25, -0.2) is 14.4 Å². The van der Waals surface area contributed by atoms with E-state index in [0.717, 1.165) is 85.0 Å². The number of phenols is 7. The lowest BCUT2D eigenvalue weighted by atomic mass is 9.95. The van der Waals surface area contributed by atoms with E-state index >= 15 is 0 Å². The maximum Gasteiger partial charge on any atom is 0.330 e. The van der Waals surface area contributed by atoms with Crippen molar-refractivity contribution in [1.29, 1.82) is 0 Å². The number of phenolic OH excluding ortho intramolecular Hbond substituents is 7. The molecule has 20 N–H and O–H groups in total. The molecule has 0 saturated carbocycles. The zero-order chi connectivity index (χ0) is 72.8. The van der Waals surface area contributed by atoms with Gasteiger partial charge in [0.05, 0.1) is 6.61 Å². The first-order valence-corrected chi connectivity index (χ1v) is 30.6. The average molecular weight is 1420 g/mol. The maximum atomic E-state index is 13.4. The minimum atomic E-state index is -2.27. The molecule has 35 nitrogen and oxygen atoms in total. The van der Waals surface area contributed by atoms with Crippen molar-refractivity contribution in [2.45, 2.75) is 129 Å². The summed E-state index contributed by atoms with van der Waals surface area (Å²) in [4.78, 5) is 38.8. The number of rotatable bonds is 22. The smallest absolute Gasteiger partial charge is 0.330 e. The number of hydrogen-bond acceptors (Lipinski definition) is 35. The van der Waals surface area contributed by atoms with Crippen LogP contribution in [0.2, 0.25) is 0 Å². The Kier molecular flexibility index (Phi) is 23.4. The highest BCUT2D eigenvalue weighted by molar-refractivity contribution is 5.88. The van der Waals surface area contributed by atoms with Gasteiger partial charge in [-0.3, -0.25) is 0 Å². The number of carbonyl (C=O) groups is 3. The summed E-state index contributed by atoms with van der Waals surface area (Å²) in [6.45, 7) is -3.34. The molecule has 0 spiro atoms. The van der Waals surface area contributed by atoms with Crippen LogP contribution < -0.4 is 4.74 Å². The Labute approximate surface area is 569 Å². The van der Waals surface area contributed by atoms with Gasteiger partial charge in [0.15, 0.2) is 58.4 Å². The second-order valence-corrected chi connectivity index (χ2v) is 23.5. The molecule has 5 aliphatic heterocycles. The van der Waals surface area contributed by atoms with Gasteiger partial charge in [-0.05, 0) is 95.6 Å². The van der Waals surface area contributed by atoms with Crippen LogP contribution in [0.5, 0.6) is 46.0 Å². The topological polar surface area (TPSA) is 567 Å². The molecule has 0 aromatic heterocycles. The van der Waals surface area contributed by atoms with E-state index in [2.05, 4.69) is 0 Å². The number of hydrogen-bond donors (Lipinski definition) is 20. The first kappa shape index (κ1) is 74.1. The lowest BCUT2D eigenvalue weighted by Gasteiger charge is -2.46. The molecule has 544 valence electrons. The molecule has 0 radical (unpaired) electrons. The van der Waals surface area contributed by atoms with E-state index in [0.29, 0.717) is 0 Å². The molecule has 0 bridgehead atoms. The number of benzene rings is 4. The Morgan fingerprint density at radius 1 is 0.426 bits per heavy atom. The maximum absolute atomic E-state index is 13.4. The number of esters is 3. The fourth-order valence-electron chi connectivity index (χ4n) is 10.9. The predicted molar refractivity (Wildman–Crippen MR) is 332 cm³/mol. The summed E-state index contributed by atoms with van der Waals surface area (Å²) < 4.78 is 69.2. The summed E-state index contributed by atoms with van der Waals surface area (Å²) in [7, 11) is 0. The number of allylic oxidation sites excluding steroid dienone is 2. The van der Waals surface area contributed by atoms with Crippen LogP contribution in [-0.4, -0.2) is 275 Å². The fraction of sp³-hybridized carbons (Fsp3) is 0.379. The Morgan fingerprint density at radius 2 is 0.891 bits per heavy atom. The van der Waals surface area contributed by atoms with Crippen molar-refractivity contribution in [1.82, 2.24) is 0 Å². The highest BCUT2D eigenvalue weighted by Gasteiger charge is 2.53. The number of aliphatic hydroxyl groups is 13. The van der Waals surface area contributed by atoms with Crippen LogP contribution in [0.4, 0.5) is 0 Å². The Morgan fingerprint density at radius 3 is 1.44 bits per heavy atom. The van der Waals surface area contributed by atoms with Crippen LogP contribution in [0, 0.1) is 0 Å². The monoisotopic (exact) mass is 1420 g/mol. The summed E-state index contributed by atoms with van der Waals surface area (Å²) >= 11 is 0. The molecule has 0 amide bonds. The van der Waals surface area contributed by atoms with Gasteiger partial charge in [-0.1, -0.05) is 12.1 Å². The minimum absolute atomic E-state index is 0.0896. The van der Waals surface area contributed by atoms with Gasteiger partial charge in [-0.15, -0.1) is 0 Å². The standard InChI is InChI=1S/C66H70O35/c67-22-43-50(79)54(83)58(87)64(97-43)95-41-20-32(70)19-40-33(41)21-42(61(93-40)29-6-8-35(72)37(74)17-29)96-66-62(101-65-60(89)56(85)52(81)45(99-65)24-90-47(76)10-3-26-1-7-34(71)36(73)15-26)57(86)53(82)46(100-66)25-92-48(77)11-4-27-2-9-39(38(75)16-27)94-63-59(88)55(84)51(80)44(98-63)23-91-49(78)12-5-28-13-30(68)18-31(69)14-28/h1-21,40,43-46,50-60,62-75,79-89H,22-25H2/b10-3+,11-4+,12-5+/t40?,43-,44+,45+,46-,50-,51-,52-,53-,54+,55+,56+,57+,58-,59-,60-,62-,63-,64-,65+,66-/m1/s1. The van der Waals surface area contributed by atoms with Crippen LogP contribution in [0.25, 0.3) is 24.0 Å². The zero-order valence-corrected chi connectivity index (χ0v) is 52.1. The van der Waals surface area contributed by atoms with Gasteiger partial charge < -0.3 is 159 Å². The normalized spacial score (nSPS) is 32.0. The Bertz CT molecular complexity index is 3860. The molecule has 10 rings (SSSR count). The van der Waals surface area contributed by atoms with Crippen molar-refractivity contribution in [3.05, 3.63) is 154 Å².